The Balaban J connectivity index is 1.74. The molecular formula is C35H54O8. The van der Waals surface area contributed by atoms with Crippen molar-refractivity contribution < 1.29 is 38.8 Å². The summed E-state index contributed by atoms with van der Waals surface area (Å²) in [5.41, 5.74) is 0.0445. The van der Waals surface area contributed by atoms with Crippen LogP contribution in [-0.4, -0.2) is 58.1 Å². The van der Waals surface area contributed by atoms with Crippen LogP contribution in [0.4, 0.5) is 0 Å². The maximum Gasteiger partial charge on any atom is 0.303 e. The fourth-order valence-corrected chi connectivity index (χ4v) is 9.79. The van der Waals surface area contributed by atoms with Crippen LogP contribution in [0.15, 0.2) is 23.3 Å². The predicted octanol–water partition coefficient (Wildman–Crippen LogP) is 5.68. The first-order valence-corrected chi connectivity index (χ1v) is 16.3. The summed E-state index contributed by atoms with van der Waals surface area (Å²) in [5, 5.41) is 24.2. The third-order valence-corrected chi connectivity index (χ3v) is 12.1. The van der Waals surface area contributed by atoms with Crippen LogP contribution in [0.1, 0.15) is 107 Å². The summed E-state index contributed by atoms with van der Waals surface area (Å²) in [5.74, 6) is -1.25. The average Bonchev–Trinajstić information content (AvgIpc) is 3.25. The normalized spacial score (nSPS) is 40.4. The number of hydrogen-bond donors (Lipinski definition) is 2. The highest BCUT2D eigenvalue weighted by atomic mass is 16.6. The molecule has 242 valence electrons. The minimum atomic E-state index is -1.20. The van der Waals surface area contributed by atoms with Crippen molar-refractivity contribution in [2.24, 2.45) is 40.4 Å². The molecule has 4 aliphatic rings. The van der Waals surface area contributed by atoms with E-state index in [1.807, 2.05) is 19.9 Å². The maximum absolute atomic E-state index is 12.8. The van der Waals surface area contributed by atoms with Gasteiger partial charge < -0.3 is 24.4 Å². The van der Waals surface area contributed by atoms with Gasteiger partial charge in [-0.1, -0.05) is 46.3 Å². The van der Waals surface area contributed by atoms with E-state index in [1.165, 1.54) is 26.3 Å². The molecule has 4 rings (SSSR count). The molecule has 43 heavy (non-hydrogen) atoms. The first kappa shape index (κ1) is 33.7. The maximum atomic E-state index is 12.8. The second-order valence-corrected chi connectivity index (χ2v) is 14.7. The zero-order valence-electron chi connectivity index (χ0n) is 27.6. The molecule has 8 heteroatoms. The van der Waals surface area contributed by atoms with Crippen molar-refractivity contribution in [3.05, 3.63) is 23.3 Å². The summed E-state index contributed by atoms with van der Waals surface area (Å²) in [6, 6.07) is 0. The fourth-order valence-electron chi connectivity index (χ4n) is 9.79. The first-order valence-electron chi connectivity index (χ1n) is 16.3. The molecule has 0 aliphatic heterocycles. The quantitative estimate of drug-likeness (QED) is 0.207. The Morgan fingerprint density at radius 3 is 2.14 bits per heavy atom. The van der Waals surface area contributed by atoms with Gasteiger partial charge >= 0.3 is 17.9 Å². The van der Waals surface area contributed by atoms with Gasteiger partial charge in [0.15, 0.2) is 0 Å². The van der Waals surface area contributed by atoms with E-state index in [2.05, 4.69) is 33.8 Å². The first-order chi connectivity index (χ1) is 20.0. The number of fused-ring (bicyclic) bond motifs is 5. The number of rotatable bonds is 8. The standard InChI is InChI=1S/C35H54O8/c1-10-24(19(2)3)17-28(39)20(4)25-11-12-26-27-18-30(42-22(6)37)31-32(43-23(7)38)29(41-21(5)36)13-14-34(31,9)35(27,40)16-15-33(25,26)8/h10,18-20,25-26,28-32,39-40H,11-17H2,1-9H3/b24-10-/t20-,25+,26-,28+,29-,30-,31-,32-,33+,34-,35+/m0/s1. The molecule has 0 aromatic heterocycles. The molecule has 0 unspecified atom stereocenters. The highest BCUT2D eigenvalue weighted by Gasteiger charge is 2.69. The van der Waals surface area contributed by atoms with Crippen LogP contribution in [0.2, 0.25) is 0 Å². The fraction of sp³-hybridized carbons (Fsp3) is 0.800. The molecule has 4 aliphatic carbocycles. The van der Waals surface area contributed by atoms with Gasteiger partial charge in [0, 0.05) is 32.1 Å². The van der Waals surface area contributed by atoms with Crippen molar-refractivity contribution in [3.8, 4) is 0 Å². The predicted molar refractivity (Wildman–Crippen MR) is 162 cm³/mol. The summed E-state index contributed by atoms with van der Waals surface area (Å²) in [6.07, 6.45) is 6.01. The Morgan fingerprint density at radius 2 is 1.58 bits per heavy atom. The molecule has 11 atom stereocenters. The van der Waals surface area contributed by atoms with Crippen LogP contribution in [0, 0.1) is 40.4 Å². The molecule has 0 radical (unpaired) electrons. The number of aliphatic hydroxyl groups is 2. The minimum absolute atomic E-state index is 0.0615. The number of ether oxygens (including phenoxy) is 3. The monoisotopic (exact) mass is 602 g/mol. The number of carbonyl (C=O) groups is 3. The smallest absolute Gasteiger partial charge is 0.303 e. The van der Waals surface area contributed by atoms with Crippen LogP contribution in [0.3, 0.4) is 0 Å². The van der Waals surface area contributed by atoms with Gasteiger partial charge in [-0.05, 0) is 92.6 Å². The van der Waals surface area contributed by atoms with E-state index in [9.17, 15) is 24.6 Å². The van der Waals surface area contributed by atoms with Crippen LogP contribution in [0.25, 0.3) is 0 Å². The van der Waals surface area contributed by atoms with E-state index < -0.39 is 59.3 Å². The molecule has 8 nitrogen and oxygen atoms in total. The van der Waals surface area contributed by atoms with Gasteiger partial charge in [-0.25, -0.2) is 0 Å². The number of aliphatic hydroxyl groups excluding tert-OH is 1. The van der Waals surface area contributed by atoms with Gasteiger partial charge in [-0.15, -0.1) is 0 Å². The Bertz CT molecular complexity index is 1160. The molecule has 3 saturated carbocycles. The minimum Gasteiger partial charge on any atom is -0.459 e. The number of hydrogen-bond acceptors (Lipinski definition) is 8. The van der Waals surface area contributed by atoms with Gasteiger partial charge in [-0.2, -0.15) is 0 Å². The van der Waals surface area contributed by atoms with E-state index in [1.54, 1.807) is 0 Å². The van der Waals surface area contributed by atoms with Crippen LogP contribution in [0.5, 0.6) is 0 Å². The zero-order chi connectivity index (χ0) is 32.1. The van der Waals surface area contributed by atoms with E-state index in [0.29, 0.717) is 31.6 Å². The molecule has 3 fully saturated rings. The highest BCUT2D eigenvalue weighted by Crippen LogP contribution is 2.69. The molecule has 0 amide bonds. The van der Waals surface area contributed by atoms with Gasteiger partial charge in [0.1, 0.15) is 18.3 Å². The third kappa shape index (κ3) is 5.83. The van der Waals surface area contributed by atoms with Crippen molar-refractivity contribution in [3.63, 3.8) is 0 Å². The molecule has 0 aromatic carbocycles. The Morgan fingerprint density at radius 1 is 0.953 bits per heavy atom. The molecule has 0 bridgehead atoms. The van der Waals surface area contributed by atoms with E-state index in [4.69, 9.17) is 14.2 Å². The number of allylic oxidation sites excluding steroid dienone is 1. The summed E-state index contributed by atoms with van der Waals surface area (Å²) in [7, 11) is 0. The lowest BCUT2D eigenvalue weighted by Gasteiger charge is -2.64. The Hall–Kier alpha value is -2.19. The lowest BCUT2D eigenvalue weighted by Crippen LogP contribution is -2.68. The van der Waals surface area contributed by atoms with Gasteiger partial charge in [0.05, 0.1) is 11.7 Å². The largest absolute Gasteiger partial charge is 0.459 e. The van der Waals surface area contributed by atoms with Crippen molar-refractivity contribution in [1.29, 1.82) is 0 Å². The topological polar surface area (TPSA) is 119 Å². The van der Waals surface area contributed by atoms with E-state index in [0.717, 1.165) is 24.8 Å². The van der Waals surface area contributed by atoms with Crippen LogP contribution >= 0.6 is 0 Å². The van der Waals surface area contributed by atoms with Gasteiger partial charge in [-0.3, -0.25) is 14.4 Å². The molecular weight excluding hydrogens is 548 g/mol. The van der Waals surface area contributed by atoms with E-state index >= 15 is 0 Å². The van der Waals surface area contributed by atoms with Crippen molar-refractivity contribution in [1.82, 2.24) is 0 Å². The SMILES string of the molecule is C/C=C(/C[C@@H](O)[C@@H](C)[C@H]1CC[C@H]2C3=C[C@H](OC(C)=O)[C@H]4[C@@H](OC(C)=O)[C@@H](OC(C)=O)CC[C@]4(C)[C@@]3(O)CC[C@]12C)C(C)C. The van der Waals surface area contributed by atoms with Gasteiger partial charge in [0.2, 0.25) is 0 Å². The summed E-state index contributed by atoms with van der Waals surface area (Å²) in [4.78, 5) is 36.8. The van der Waals surface area contributed by atoms with E-state index in [-0.39, 0.29) is 23.2 Å². The second-order valence-electron chi connectivity index (χ2n) is 14.7. The number of esters is 3. The third-order valence-electron chi connectivity index (χ3n) is 12.1. The summed E-state index contributed by atoms with van der Waals surface area (Å²) in [6.45, 7) is 16.9. The molecule has 2 N–H and O–H groups in total. The van der Waals surface area contributed by atoms with Gasteiger partial charge in [0.25, 0.3) is 0 Å². The summed E-state index contributed by atoms with van der Waals surface area (Å²) >= 11 is 0. The lowest BCUT2D eigenvalue weighted by atomic mass is 9.44. The highest BCUT2D eigenvalue weighted by molar-refractivity contribution is 5.68. The average molecular weight is 603 g/mol. The van der Waals surface area contributed by atoms with Crippen molar-refractivity contribution >= 4 is 17.9 Å². The molecule has 0 heterocycles. The second kappa shape index (κ2) is 12.3. The molecule has 0 aromatic rings. The number of carbonyl (C=O) groups excluding carboxylic acids is 3. The Kier molecular flexibility index (Phi) is 9.64. The Labute approximate surface area is 257 Å². The van der Waals surface area contributed by atoms with Crippen LogP contribution < -0.4 is 0 Å². The molecule has 0 spiro atoms. The summed E-state index contributed by atoms with van der Waals surface area (Å²) < 4.78 is 17.4. The van der Waals surface area contributed by atoms with Crippen molar-refractivity contribution in [2.45, 2.75) is 137 Å². The van der Waals surface area contributed by atoms with Crippen LogP contribution in [-0.2, 0) is 28.6 Å². The van der Waals surface area contributed by atoms with Crippen molar-refractivity contribution in [2.75, 3.05) is 0 Å². The zero-order valence-corrected chi connectivity index (χ0v) is 27.6. The lowest BCUT2D eigenvalue weighted by molar-refractivity contribution is -0.231. The molecule has 0 saturated heterocycles.